The van der Waals surface area contributed by atoms with Crippen molar-refractivity contribution in [2.75, 3.05) is 6.61 Å². The summed E-state index contributed by atoms with van der Waals surface area (Å²) < 4.78 is 10.1. The fourth-order valence-corrected chi connectivity index (χ4v) is 3.09. The van der Waals surface area contributed by atoms with Crippen LogP contribution in [-0.4, -0.2) is 12.6 Å². The van der Waals surface area contributed by atoms with Crippen molar-refractivity contribution >= 4 is 5.97 Å². The number of carbonyl (C=O) groups is 1. The molecule has 0 saturated carbocycles. The van der Waals surface area contributed by atoms with Crippen molar-refractivity contribution in [3.8, 4) is 0 Å². The zero-order valence-corrected chi connectivity index (χ0v) is 15.1. The Bertz CT molecular complexity index is 552. The van der Waals surface area contributed by atoms with Gasteiger partial charge < -0.3 is 9.15 Å². The van der Waals surface area contributed by atoms with Crippen LogP contribution in [0.2, 0.25) is 0 Å². The SMILES string of the molecule is C/C(=C\CCc1ccoc1)CC/C=C(\C)CCCC1COC(=O)C1. The number of rotatable bonds is 10. The van der Waals surface area contributed by atoms with Gasteiger partial charge in [0.05, 0.1) is 25.6 Å². The maximum Gasteiger partial charge on any atom is 0.306 e. The predicted octanol–water partition coefficient (Wildman–Crippen LogP) is 5.62. The minimum atomic E-state index is -0.0257. The summed E-state index contributed by atoms with van der Waals surface area (Å²) in [5.74, 6) is 0.424. The van der Waals surface area contributed by atoms with Gasteiger partial charge in [-0.05, 0) is 70.4 Å². The van der Waals surface area contributed by atoms with E-state index in [4.69, 9.17) is 9.15 Å². The highest BCUT2D eigenvalue weighted by Crippen LogP contribution is 2.21. The number of ether oxygens (including phenoxy) is 1. The molecule has 0 spiro atoms. The highest BCUT2D eigenvalue weighted by Gasteiger charge is 2.22. The number of esters is 1. The standard InChI is InChI=1S/C21H30O3/c1-17(8-4-10-19-12-13-23-15-19)6-3-7-18(2)9-5-11-20-14-21(22)24-16-20/h7-8,12-13,15,20H,3-6,9-11,14,16H2,1-2H3/b17-8+,18-7+. The molecule has 1 aliphatic rings. The first kappa shape index (κ1) is 18.6. The number of furan rings is 1. The molecule has 1 fully saturated rings. The average Bonchev–Trinajstić information content (AvgIpc) is 3.19. The first-order chi connectivity index (χ1) is 11.6. The molecule has 3 nitrogen and oxygen atoms in total. The minimum Gasteiger partial charge on any atom is -0.472 e. The second kappa shape index (κ2) is 10.2. The van der Waals surface area contributed by atoms with E-state index in [1.54, 1.807) is 6.26 Å². The largest absolute Gasteiger partial charge is 0.472 e. The van der Waals surface area contributed by atoms with E-state index in [1.807, 2.05) is 12.3 Å². The molecule has 1 aliphatic heterocycles. The van der Waals surface area contributed by atoms with Gasteiger partial charge in [-0.25, -0.2) is 0 Å². The zero-order chi connectivity index (χ0) is 17.2. The van der Waals surface area contributed by atoms with Gasteiger partial charge in [0, 0.05) is 5.92 Å². The summed E-state index contributed by atoms with van der Waals surface area (Å²) in [6.45, 7) is 5.06. The van der Waals surface area contributed by atoms with Crippen LogP contribution in [0.25, 0.3) is 0 Å². The third kappa shape index (κ3) is 7.20. The van der Waals surface area contributed by atoms with E-state index in [-0.39, 0.29) is 5.97 Å². The average molecular weight is 330 g/mol. The molecule has 0 amide bonds. The van der Waals surface area contributed by atoms with Gasteiger partial charge in [0.15, 0.2) is 0 Å². The van der Waals surface area contributed by atoms with Crippen LogP contribution in [-0.2, 0) is 16.0 Å². The smallest absolute Gasteiger partial charge is 0.306 e. The number of hydrogen-bond donors (Lipinski definition) is 0. The molecule has 2 heterocycles. The normalized spacial score (nSPS) is 18.9. The fraction of sp³-hybridized carbons (Fsp3) is 0.571. The number of hydrogen-bond acceptors (Lipinski definition) is 3. The van der Waals surface area contributed by atoms with Gasteiger partial charge in [-0.3, -0.25) is 4.79 Å². The summed E-state index contributed by atoms with van der Waals surface area (Å²) in [6, 6.07) is 2.03. The van der Waals surface area contributed by atoms with Crippen LogP contribution in [0.5, 0.6) is 0 Å². The lowest BCUT2D eigenvalue weighted by atomic mass is 9.98. The van der Waals surface area contributed by atoms with Gasteiger partial charge in [-0.1, -0.05) is 23.3 Å². The third-order valence-corrected chi connectivity index (χ3v) is 4.66. The number of carbonyl (C=O) groups excluding carboxylic acids is 1. The van der Waals surface area contributed by atoms with Crippen LogP contribution < -0.4 is 0 Å². The van der Waals surface area contributed by atoms with E-state index < -0.39 is 0 Å². The molecule has 1 aromatic heterocycles. The van der Waals surface area contributed by atoms with E-state index in [1.165, 1.54) is 16.7 Å². The Morgan fingerprint density at radius 3 is 2.71 bits per heavy atom. The number of allylic oxidation sites excluding steroid dienone is 4. The van der Waals surface area contributed by atoms with E-state index in [2.05, 4.69) is 26.0 Å². The summed E-state index contributed by atoms with van der Waals surface area (Å²) in [6.07, 6.45) is 16.6. The molecule has 0 N–H and O–H groups in total. The topological polar surface area (TPSA) is 39.4 Å². The Balaban J connectivity index is 1.55. The zero-order valence-electron chi connectivity index (χ0n) is 15.1. The van der Waals surface area contributed by atoms with Crippen LogP contribution in [0.4, 0.5) is 0 Å². The third-order valence-electron chi connectivity index (χ3n) is 4.66. The van der Waals surface area contributed by atoms with Crippen LogP contribution in [0.15, 0.2) is 46.3 Å². The molecular weight excluding hydrogens is 300 g/mol. The quantitative estimate of drug-likeness (QED) is 0.413. The molecule has 2 rings (SSSR count). The maximum atomic E-state index is 11.1. The van der Waals surface area contributed by atoms with Crippen molar-refractivity contribution in [2.24, 2.45) is 5.92 Å². The van der Waals surface area contributed by atoms with Crippen molar-refractivity contribution in [2.45, 2.75) is 65.2 Å². The lowest BCUT2D eigenvalue weighted by Gasteiger charge is -2.06. The van der Waals surface area contributed by atoms with Crippen LogP contribution >= 0.6 is 0 Å². The molecular formula is C21H30O3. The summed E-state index contributed by atoms with van der Waals surface area (Å²) >= 11 is 0. The Morgan fingerprint density at radius 1 is 1.21 bits per heavy atom. The van der Waals surface area contributed by atoms with Gasteiger partial charge >= 0.3 is 5.97 Å². The number of cyclic esters (lactones) is 1. The summed E-state index contributed by atoms with van der Waals surface area (Å²) in [7, 11) is 0. The molecule has 132 valence electrons. The Kier molecular flexibility index (Phi) is 7.87. The van der Waals surface area contributed by atoms with Crippen molar-refractivity contribution in [3.05, 3.63) is 47.5 Å². The molecule has 24 heavy (non-hydrogen) atoms. The molecule has 1 atom stereocenters. The van der Waals surface area contributed by atoms with E-state index >= 15 is 0 Å². The number of aryl methyl sites for hydroxylation is 1. The van der Waals surface area contributed by atoms with Crippen molar-refractivity contribution < 1.29 is 13.9 Å². The van der Waals surface area contributed by atoms with Gasteiger partial charge in [-0.15, -0.1) is 0 Å². The Hall–Kier alpha value is -1.77. The first-order valence-electron chi connectivity index (χ1n) is 9.11. The molecule has 1 unspecified atom stereocenters. The Morgan fingerprint density at radius 2 is 2.00 bits per heavy atom. The molecule has 1 saturated heterocycles. The summed E-state index contributed by atoms with van der Waals surface area (Å²) in [5.41, 5.74) is 4.19. The predicted molar refractivity (Wildman–Crippen MR) is 96.7 cm³/mol. The molecule has 1 aromatic rings. The van der Waals surface area contributed by atoms with Crippen LogP contribution in [0, 0.1) is 5.92 Å². The lowest BCUT2D eigenvalue weighted by Crippen LogP contribution is -1.98. The fourth-order valence-electron chi connectivity index (χ4n) is 3.09. The van der Waals surface area contributed by atoms with Crippen molar-refractivity contribution in [3.63, 3.8) is 0 Å². The van der Waals surface area contributed by atoms with E-state index in [0.29, 0.717) is 18.9 Å². The summed E-state index contributed by atoms with van der Waals surface area (Å²) in [5, 5.41) is 0. The van der Waals surface area contributed by atoms with Crippen molar-refractivity contribution in [1.29, 1.82) is 0 Å². The molecule has 3 heteroatoms. The first-order valence-corrected chi connectivity index (χ1v) is 9.11. The van der Waals surface area contributed by atoms with Crippen molar-refractivity contribution in [1.82, 2.24) is 0 Å². The van der Waals surface area contributed by atoms with Crippen LogP contribution in [0.3, 0.4) is 0 Å². The maximum absolute atomic E-state index is 11.1. The second-order valence-electron chi connectivity index (χ2n) is 6.96. The molecule has 0 radical (unpaired) electrons. The van der Waals surface area contributed by atoms with E-state index in [9.17, 15) is 4.79 Å². The van der Waals surface area contributed by atoms with Gasteiger partial charge in [0.25, 0.3) is 0 Å². The van der Waals surface area contributed by atoms with Gasteiger partial charge in [-0.2, -0.15) is 0 Å². The van der Waals surface area contributed by atoms with Crippen LogP contribution in [0.1, 0.15) is 64.4 Å². The Labute approximate surface area is 145 Å². The second-order valence-corrected chi connectivity index (χ2v) is 6.96. The monoisotopic (exact) mass is 330 g/mol. The molecule has 0 aromatic carbocycles. The summed E-state index contributed by atoms with van der Waals surface area (Å²) in [4.78, 5) is 11.1. The van der Waals surface area contributed by atoms with Gasteiger partial charge in [0.1, 0.15) is 0 Å². The molecule has 0 aliphatic carbocycles. The van der Waals surface area contributed by atoms with Gasteiger partial charge in [0.2, 0.25) is 0 Å². The van der Waals surface area contributed by atoms with E-state index in [0.717, 1.165) is 44.9 Å². The molecule has 0 bridgehead atoms. The minimum absolute atomic E-state index is 0.0257. The lowest BCUT2D eigenvalue weighted by molar-refractivity contribution is -0.137. The highest BCUT2D eigenvalue weighted by molar-refractivity contribution is 5.71. The highest BCUT2D eigenvalue weighted by atomic mass is 16.5.